The zero-order valence-electron chi connectivity index (χ0n) is 11.0. The molecule has 1 aromatic rings. The Balaban J connectivity index is 2.20. The molecule has 2 N–H and O–H groups in total. The lowest BCUT2D eigenvalue weighted by atomic mass is 9.92. The topological polar surface area (TPSA) is 33.3 Å². The van der Waals surface area contributed by atoms with Crippen LogP contribution in [0.15, 0.2) is 12.1 Å². The van der Waals surface area contributed by atoms with E-state index in [9.17, 15) is 0 Å². The minimum absolute atomic E-state index is 0.561. The number of rotatable bonds is 4. The predicted octanol–water partition coefficient (Wildman–Crippen LogP) is 2.34. The van der Waals surface area contributed by atoms with Gasteiger partial charge in [-0.1, -0.05) is 6.07 Å². The number of hydrogen-bond acceptors (Lipinski definition) is 3. The van der Waals surface area contributed by atoms with E-state index in [2.05, 4.69) is 29.7 Å². The van der Waals surface area contributed by atoms with E-state index >= 15 is 0 Å². The van der Waals surface area contributed by atoms with Crippen molar-refractivity contribution in [2.24, 2.45) is 0 Å². The number of ether oxygens (including phenoxy) is 1. The lowest BCUT2D eigenvalue weighted by molar-refractivity contribution is 0.413. The van der Waals surface area contributed by atoms with E-state index in [1.807, 2.05) is 7.05 Å². The Morgan fingerprint density at radius 1 is 1.47 bits per heavy atom. The van der Waals surface area contributed by atoms with Crippen LogP contribution < -0.4 is 15.4 Å². The minimum atomic E-state index is 0.561. The minimum Gasteiger partial charge on any atom is -0.495 e. The lowest BCUT2D eigenvalue weighted by Gasteiger charge is -2.29. The number of benzene rings is 1. The summed E-state index contributed by atoms with van der Waals surface area (Å²) in [4.78, 5) is 0. The molecule has 94 valence electrons. The Bertz CT molecular complexity index is 390. The van der Waals surface area contributed by atoms with Gasteiger partial charge in [-0.25, -0.2) is 0 Å². The lowest BCUT2D eigenvalue weighted by Crippen LogP contribution is -2.29. The second-order valence-corrected chi connectivity index (χ2v) is 4.71. The average Bonchev–Trinajstić information content (AvgIpc) is 2.37. The molecule has 0 aromatic heterocycles. The van der Waals surface area contributed by atoms with Gasteiger partial charge in [0.25, 0.3) is 0 Å². The quantitative estimate of drug-likeness (QED) is 0.839. The van der Waals surface area contributed by atoms with E-state index in [4.69, 9.17) is 4.74 Å². The fourth-order valence-corrected chi connectivity index (χ4v) is 2.51. The second kappa shape index (κ2) is 5.41. The highest BCUT2D eigenvalue weighted by molar-refractivity contribution is 5.66. The standard InChI is InChI=1S/C14H22N2O/c1-10-4-7-13(17-3)14-12(10)6-5-11(16-14)8-9-15-2/h4,7,11,15-16H,5-6,8-9H2,1-3H3. The van der Waals surface area contributed by atoms with E-state index < -0.39 is 0 Å². The van der Waals surface area contributed by atoms with Crippen molar-refractivity contribution in [3.05, 3.63) is 23.3 Å². The van der Waals surface area contributed by atoms with Crippen LogP contribution in [0.25, 0.3) is 0 Å². The van der Waals surface area contributed by atoms with Crippen LogP contribution in [0.2, 0.25) is 0 Å². The normalized spacial score (nSPS) is 18.4. The first-order chi connectivity index (χ1) is 8.26. The molecule has 0 saturated carbocycles. The first-order valence-electron chi connectivity index (χ1n) is 6.34. The molecule has 1 heterocycles. The average molecular weight is 234 g/mol. The molecule has 2 rings (SSSR count). The summed E-state index contributed by atoms with van der Waals surface area (Å²) in [5.74, 6) is 0.972. The van der Waals surface area contributed by atoms with E-state index in [0.29, 0.717) is 6.04 Å². The van der Waals surface area contributed by atoms with Crippen molar-refractivity contribution in [3.63, 3.8) is 0 Å². The number of fused-ring (bicyclic) bond motifs is 1. The number of anilines is 1. The van der Waals surface area contributed by atoms with Crippen LogP contribution in [-0.4, -0.2) is 26.7 Å². The molecule has 0 amide bonds. The summed E-state index contributed by atoms with van der Waals surface area (Å²) >= 11 is 0. The van der Waals surface area contributed by atoms with E-state index in [0.717, 1.165) is 25.1 Å². The fourth-order valence-electron chi connectivity index (χ4n) is 2.51. The molecule has 0 spiro atoms. The maximum Gasteiger partial charge on any atom is 0.142 e. The smallest absolute Gasteiger partial charge is 0.142 e. The second-order valence-electron chi connectivity index (χ2n) is 4.71. The molecule has 1 atom stereocenters. The maximum absolute atomic E-state index is 5.44. The summed E-state index contributed by atoms with van der Waals surface area (Å²) < 4.78 is 5.44. The van der Waals surface area contributed by atoms with Crippen LogP contribution in [0.5, 0.6) is 5.75 Å². The summed E-state index contributed by atoms with van der Waals surface area (Å²) in [6, 6.07) is 4.76. The zero-order chi connectivity index (χ0) is 12.3. The highest BCUT2D eigenvalue weighted by atomic mass is 16.5. The van der Waals surface area contributed by atoms with Gasteiger partial charge in [0.15, 0.2) is 0 Å². The van der Waals surface area contributed by atoms with E-state index in [1.54, 1.807) is 7.11 Å². The Labute approximate surface area is 104 Å². The van der Waals surface area contributed by atoms with E-state index in [-0.39, 0.29) is 0 Å². The summed E-state index contributed by atoms with van der Waals surface area (Å²) in [7, 11) is 3.74. The number of nitrogens with one attached hydrogen (secondary N) is 2. The Morgan fingerprint density at radius 3 is 3.00 bits per heavy atom. The van der Waals surface area contributed by atoms with Gasteiger partial charge in [-0.15, -0.1) is 0 Å². The Kier molecular flexibility index (Phi) is 3.89. The van der Waals surface area contributed by atoms with Crippen molar-refractivity contribution in [2.45, 2.75) is 32.2 Å². The largest absolute Gasteiger partial charge is 0.495 e. The summed E-state index contributed by atoms with van der Waals surface area (Å²) in [5.41, 5.74) is 3.99. The monoisotopic (exact) mass is 234 g/mol. The predicted molar refractivity (Wildman–Crippen MR) is 72.0 cm³/mol. The summed E-state index contributed by atoms with van der Waals surface area (Å²) in [6.07, 6.45) is 3.52. The maximum atomic E-state index is 5.44. The van der Waals surface area contributed by atoms with Crippen LogP contribution in [0.1, 0.15) is 24.0 Å². The third kappa shape index (κ3) is 2.55. The third-order valence-electron chi connectivity index (χ3n) is 3.56. The van der Waals surface area contributed by atoms with Gasteiger partial charge in [-0.3, -0.25) is 0 Å². The van der Waals surface area contributed by atoms with Crippen molar-refractivity contribution < 1.29 is 4.74 Å². The molecule has 1 aromatic carbocycles. The van der Waals surface area contributed by atoms with Gasteiger partial charge in [-0.2, -0.15) is 0 Å². The van der Waals surface area contributed by atoms with Gasteiger partial charge in [-0.05, 0) is 57.0 Å². The van der Waals surface area contributed by atoms with Crippen molar-refractivity contribution >= 4 is 5.69 Å². The highest BCUT2D eigenvalue weighted by Crippen LogP contribution is 2.36. The van der Waals surface area contributed by atoms with Gasteiger partial charge >= 0.3 is 0 Å². The van der Waals surface area contributed by atoms with Crippen LogP contribution in [0.4, 0.5) is 5.69 Å². The van der Waals surface area contributed by atoms with Crippen molar-refractivity contribution in [1.29, 1.82) is 0 Å². The molecule has 1 aliphatic rings. The molecular weight excluding hydrogens is 212 g/mol. The number of aryl methyl sites for hydroxylation is 1. The van der Waals surface area contributed by atoms with Gasteiger partial charge in [0, 0.05) is 6.04 Å². The first kappa shape index (κ1) is 12.2. The van der Waals surface area contributed by atoms with Crippen molar-refractivity contribution in [2.75, 3.05) is 26.0 Å². The van der Waals surface area contributed by atoms with Crippen LogP contribution in [0, 0.1) is 6.92 Å². The summed E-state index contributed by atoms with van der Waals surface area (Å²) in [6.45, 7) is 3.23. The molecule has 3 heteroatoms. The van der Waals surface area contributed by atoms with Gasteiger partial charge in [0.2, 0.25) is 0 Å². The number of hydrogen-bond donors (Lipinski definition) is 2. The Hall–Kier alpha value is -1.22. The van der Waals surface area contributed by atoms with Crippen LogP contribution >= 0.6 is 0 Å². The molecule has 0 bridgehead atoms. The van der Waals surface area contributed by atoms with Crippen molar-refractivity contribution in [3.8, 4) is 5.75 Å². The first-order valence-corrected chi connectivity index (χ1v) is 6.34. The molecule has 0 radical (unpaired) electrons. The van der Waals surface area contributed by atoms with Crippen LogP contribution in [0.3, 0.4) is 0 Å². The fraction of sp³-hybridized carbons (Fsp3) is 0.571. The molecule has 0 fully saturated rings. The third-order valence-corrected chi connectivity index (χ3v) is 3.56. The molecule has 17 heavy (non-hydrogen) atoms. The molecule has 1 aliphatic heterocycles. The van der Waals surface area contributed by atoms with E-state index in [1.165, 1.54) is 23.2 Å². The molecule has 3 nitrogen and oxygen atoms in total. The van der Waals surface area contributed by atoms with Gasteiger partial charge in [0.05, 0.1) is 12.8 Å². The molecule has 1 unspecified atom stereocenters. The van der Waals surface area contributed by atoms with Gasteiger partial charge in [0.1, 0.15) is 5.75 Å². The Morgan fingerprint density at radius 2 is 2.29 bits per heavy atom. The van der Waals surface area contributed by atoms with Gasteiger partial charge < -0.3 is 15.4 Å². The molecule has 0 aliphatic carbocycles. The SMILES string of the molecule is CNCCC1CCc2c(C)ccc(OC)c2N1. The summed E-state index contributed by atoms with van der Waals surface area (Å²) in [5, 5.41) is 6.83. The molecule has 0 saturated heterocycles. The zero-order valence-corrected chi connectivity index (χ0v) is 11.0. The van der Waals surface area contributed by atoms with Crippen molar-refractivity contribution in [1.82, 2.24) is 5.32 Å². The molecular formula is C14H22N2O. The van der Waals surface area contributed by atoms with Crippen LogP contribution in [-0.2, 0) is 6.42 Å². The highest BCUT2D eigenvalue weighted by Gasteiger charge is 2.21. The number of methoxy groups -OCH3 is 1.